The largest absolute Gasteiger partial charge is 0.493 e. The van der Waals surface area contributed by atoms with Crippen LogP contribution in [0.2, 0.25) is 0 Å². The molecule has 1 fully saturated rings. The molecule has 1 aliphatic rings. The van der Waals surface area contributed by atoms with Crippen LogP contribution in [0.3, 0.4) is 0 Å². The highest BCUT2D eigenvalue weighted by Gasteiger charge is 2.19. The summed E-state index contributed by atoms with van der Waals surface area (Å²) >= 11 is 0. The lowest BCUT2D eigenvalue weighted by molar-refractivity contribution is 0.178. The number of ether oxygens (including phenoxy) is 1. The van der Waals surface area contributed by atoms with Crippen molar-refractivity contribution in [2.45, 2.75) is 39.2 Å². The Morgan fingerprint density at radius 2 is 2.22 bits per heavy atom. The highest BCUT2D eigenvalue weighted by Crippen LogP contribution is 2.30. The van der Waals surface area contributed by atoms with Gasteiger partial charge in [0.1, 0.15) is 11.6 Å². The van der Waals surface area contributed by atoms with Crippen LogP contribution in [0.4, 0.5) is 4.39 Å². The average Bonchev–Trinajstić information content (AvgIpc) is 2.29. The number of hydrogen-bond acceptors (Lipinski definition) is 2. The van der Waals surface area contributed by atoms with E-state index in [-0.39, 0.29) is 11.9 Å². The molecule has 0 radical (unpaired) electrons. The van der Waals surface area contributed by atoms with Gasteiger partial charge in [0, 0.05) is 11.6 Å². The minimum atomic E-state index is -0.203. The summed E-state index contributed by atoms with van der Waals surface area (Å²) in [5.74, 6) is 1.31. The van der Waals surface area contributed by atoms with Crippen molar-refractivity contribution in [3.8, 4) is 5.75 Å². The second-order valence-corrected chi connectivity index (χ2v) is 5.07. The third-order valence-electron chi connectivity index (χ3n) is 3.65. The predicted molar refractivity (Wildman–Crippen MR) is 71.3 cm³/mol. The molecule has 1 N–H and O–H groups in total. The number of hydrogen-bond donors (Lipinski definition) is 1. The highest BCUT2D eigenvalue weighted by atomic mass is 19.1. The van der Waals surface area contributed by atoms with E-state index in [1.165, 1.54) is 25.3 Å². The van der Waals surface area contributed by atoms with E-state index in [9.17, 15) is 4.39 Å². The van der Waals surface area contributed by atoms with E-state index in [0.29, 0.717) is 5.92 Å². The van der Waals surface area contributed by atoms with Crippen molar-refractivity contribution in [3.63, 3.8) is 0 Å². The van der Waals surface area contributed by atoms with E-state index in [1.807, 2.05) is 13.8 Å². The van der Waals surface area contributed by atoms with Crippen LogP contribution in [0, 0.1) is 11.7 Å². The van der Waals surface area contributed by atoms with Crippen LogP contribution in [0.15, 0.2) is 18.2 Å². The summed E-state index contributed by atoms with van der Waals surface area (Å²) in [6, 6.07) is 4.90. The van der Waals surface area contributed by atoms with Crippen molar-refractivity contribution >= 4 is 0 Å². The van der Waals surface area contributed by atoms with Crippen molar-refractivity contribution in [1.29, 1.82) is 0 Å². The minimum Gasteiger partial charge on any atom is -0.493 e. The number of benzene rings is 1. The highest BCUT2D eigenvalue weighted by molar-refractivity contribution is 5.36. The van der Waals surface area contributed by atoms with Gasteiger partial charge in [-0.1, -0.05) is 13.3 Å². The smallest absolute Gasteiger partial charge is 0.124 e. The number of rotatable bonds is 6. The van der Waals surface area contributed by atoms with Crippen molar-refractivity contribution in [2.75, 3.05) is 13.2 Å². The summed E-state index contributed by atoms with van der Waals surface area (Å²) < 4.78 is 19.2. The zero-order chi connectivity index (χ0) is 13.0. The number of halogens is 1. The quantitative estimate of drug-likeness (QED) is 0.832. The summed E-state index contributed by atoms with van der Waals surface area (Å²) in [6.07, 6.45) is 3.84. The molecule has 0 saturated heterocycles. The second kappa shape index (κ2) is 6.19. The molecule has 1 aromatic carbocycles. The van der Waals surface area contributed by atoms with E-state index in [2.05, 4.69) is 5.32 Å². The van der Waals surface area contributed by atoms with Gasteiger partial charge in [-0.3, -0.25) is 0 Å². The van der Waals surface area contributed by atoms with Crippen molar-refractivity contribution in [1.82, 2.24) is 5.32 Å². The first-order chi connectivity index (χ1) is 8.70. The monoisotopic (exact) mass is 251 g/mol. The van der Waals surface area contributed by atoms with Crippen LogP contribution in [0.1, 0.15) is 44.7 Å². The Balaban J connectivity index is 2.06. The van der Waals surface area contributed by atoms with Crippen LogP contribution in [0.5, 0.6) is 5.75 Å². The van der Waals surface area contributed by atoms with Gasteiger partial charge < -0.3 is 10.1 Å². The Bertz CT molecular complexity index is 390. The zero-order valence-electron chi connectivity index (χ0n) is 11.2. The fourth-order valence-corrected chi connectivity index (χ4v) is 2.27. The molecular weight excluding hydrogens is 229 g/mol. The molecule has 0 bridgehead atoms. The Hall–Kier alpha value is -1.09. The second-order valence-electron chi connectivity index (χ2n) is 5.07. The predicted octanol–water partition coefficient (Wildman–Crippen LogP) is 3.68. The van der Waals surface area contributed by atoms with Gasteiger partial charge in [-0.15, -0.1) is 0 Å². The molecule has 1 atom stereocenters. The first-order valence-electron chi connectivity index (χ1n) is 6.86. The normalized spacial score (nSPS) is 17.3. The summed E-state index contributed by atoms with van der Waals surface area (Å²) in [4.78, 5) is 0. The lowest BCUT2D eigenvalue weighted by Crippen LogP contribution is -2.22. The standard InChI is InChI=1S/C15H22FNO/c1-3-17-11(2)14-9-13(16)7-8-15(14)18-10-12-5-4-6-12/h7-9,11-12,17H,3-6,10H2,1-2H3. The van der Waals surface area contributed by atoms with Gasteiger partial charge in [-0.05, 0) is 50.4 Å². The molecule has 2 rings (SSSR count). The zero-order valence-corrected chi connectivity index (χ0v) is 11.2. The third-order valence-corrected chi connectivity index (χ3v) is 3.65. The fraction of sp³-hybridized carbons (Fsp3) is 0.600. The summed E-state index contributed by atoms with van der Waals surface area (Å²) in [5.41, 5.74) is 0.913. The van der Waals surface area contributed by atoms with Gasteiger partial charge in [0.25, 0.3) is 0 Å². The van der Waals surface area contributed by atoms with E-state index < -0.39 is 0 Å². The van der Waals surface area contributed by atoms with Gasteiger partial charge in [0.15, 0.2) is 0 Å². The molecule has 18 heavy (non-hydrogen) atoms. The van der Waals surface area contributed by atoms with Crippen LogP contribution in [-0.2, 0) is 0 Å². The van der Waals surface area contributed by atoms with Crippen molar-refractivity contribution < 1.29 is 9.13 Å². The Labute approximate surface area is 109 Å². The molecular formula is C15H22FNO. The maximum atomic E-state index is 13.3. The Morgan fingerprint density at radius 3 is 2.83 bits per heavy atom. The molecule has 100 valence electrons. The summed E-state index contributed by atoms with van der Waals surface area (Å²) in [6.45, 7) is 5.70. The Morgan fingerprint density at radius 1 is 1.44 bits per heavy atom. The van der Waals surface area contributed by atoms with Gasteiger partial charge in [0.05, 0.1) is 6.61 Å². The molecule has 2 nitrogen and oxygen atoms in total. The van der Waals surface area contributed by atoms with Gasteiger partial charge in [0.2, 0.25) is 0 Å². The maximum absolute atomic E-state index is 13.3. The van der Waals surface area contributed by atoms with Gasteiger partial charge in [-0.2, -0.15) is 0 Å². The van der Waals surface area contributed by atoms with E-state index in [4.69, 9.17) is 4.74 Å². The molecule has 0 amide bonds. The van der Waals surface area contributed by atoms with E-state index in [1.54, 1.807) is 12.1 Å². The van der Waals surface area contributed by atoms with Gasteiger partial charge >= 0.3 is 0 Å². The topological polar surface area (TPSA) is 21.3 Å². The lowest BCUT2D eigenvalue weighted by Gasteiger charge is -2.26. The van der Waals surface area contributed by atoms with E-state index in [0.717, 1.165) is 24.5 Å². The SMILES string of the molecule is CCNC(C)c1cc(F)ccc1OCC1CCC1. The van der Waals surface area contributed by atoms with Crippen LogP contribution >= 0.6 is 0 Å². The summed E-state index contributed by atoms with van der Waals surface area (Å²) in [7, 11) is 0. The molecule has 1 aliphatic carbocycles. The molecule has 0 aromatic heterocycles. The van der Waals surface area contributed by atoms with Crippen LogP contribution in [-0.4, -0.2) is 13.2 Å². The van der Waals surface area contributed by atoms with E-state index >= 15 is 0 Å². The lowest BCUT2D eigenvalue weighted by atomic mass is 9.86. The minimum absolute atomic E-state index is 0.113. The molecule has 1 unspecified atom stereocenters. The third kappa shape index (κ3) is 3.22. The maximum Gasteiger partial charge on any atom is 0.124 e. The molecule has 1 aromatic rings. The fourth-order valence-electron chi connectivity index (χ4n) is 2.27. The molecule has 1 saturated carbocycles. The first kappa shape index (κ1) is 13.3. The van der Waals surface area contributed by atoms with Crippen LogP contribution < -0.4 is 10.1 Å². The average molecular weight is 251 g/mol. The van der Waals surface area contributed by atoms with Gasteiger partial charge in [-0.25, -0.2) is 4.39 Å². The first-order valence-corrected chi connectivity index (χ1v) is 6.86. The molecule has 0 heterocycles. The van der Waals surface area contributed by atoms with Crippen LogP contribution in [0.25, 0.3) is 0 Å². The number of nitrogens with one attached hydrogen (secondary N) is 1. The van der Waals surface area contributed by atoms with Crippen molar-refractivity contribution in [2.24, 2.45) is 5.92 Å². The molecule has 3 heteroatoms. The van der Waals surface area contributed by atoms with Crippen molar-refractivity contribution in [3.05, 3.63) is 29.6 Å². The Kier molecular flexibility index (Phi) is 4.59. The summed E-state index contributed by atoms with van der Waals surface area (Å²) in [5, 5.41) is 3.30. The molecule has 0 spiro atoms. The molecule has 0 aliphatic heterocycles.